The SMILES string of the molecule is C1=CCC/C=C\CC1.C[C@H]1OC(c2ccccc2)=N[C@H]1C(Cc1ccccc1)(Cc1ccccc1)OP(c1ccccc1)c1ccccc1.FC(F)(F)c1cc([B-](c2cc(C(F)(F)F)cc(C(F)(F)F)c2)(c2cc(C(F)(F)F)cc(C(F)(F)F)c2)c2cc(C(F)(F)F)cc(C(F)(F)F)c2)cc(C(F)(F)F)c1.[Ir]. The molecule has 9 aromatic carbocycles. The summed E-state index contributed by atoms with van der Waals surface area (Å²) in [5, 5.41) is 2.36. The minimum Gasteiger partial charge on any atom is -0.472 e. The molecule has 1 aliphatic heterocycles. The number of hydrogen-bond donors (Lipinski definition) is 0. The van der Waals surface area contributed by atoms with E-state index in [0.29, 0.717) is 18.7 Å². The van der Waals surface area contributed by atoms with Crippen LogP contribution in [0, 0.1) is 0 Å². The minimum absolute atomic E-state index is 0. The smallest absolute Gasteiger partial charge is 0.416 e. The number of allylic oxidation sites excluding steroid dienone is 4. The maximum absolute atomic E-state index is 14.2. The van der Waals surface area contributed by atoms with Crippen LogP contribution in [0.1, 0.15) is 93.8 Å². The van der Waals surface area contributed by atoms with Gasteiger partial charge in [0.15, 0.2) is 0 Å². The number of hydrogen-bond acceptors (Lipinski definition) is 3. The third kappa shape index (κ3) is 21.2. The van der Waals surface area contributed by atoms with Crippen molar-refractivity contribution in [1.82, 2.24) is 0 Å². The van der Waals surface area contributed by atoms with E-state index in [0.717, 1.165) is 5.56 Å². The van der Waals surface area contributed by atoms with Crippen molar-refractivity contribution in [2.75, 3.05) is 0 Å². The van der Waals surface area contributed by atoms with E-state index in [2.05, 4.69) is 165 Å². The summed E-state index contributed by atoms with van der Waals surface area (Å²) < 4.78 is 355. The van der Waals surface area contributed by atoms with Crippen LogP contribution in [0.2, 0.25) is 0 Å². The fourth-order valence-electron chi connectivity index (χ4n) is 12.5. The molecular formula is C77H58BF24IrNO2P-. The Labute approximate surface area is 612 Å². The van der Waals surface area contributed by atoms with E-state index >= 15 is 0 Å². The van der Waals surface area contributed by atoms with Gasteiger partial charge < -0.3 is 9.26 Å². The van der Waals surface area contributed by atoms with Gasteiger partial charge in [0.1, 0.15) is 23.9 Å². The van der Waals surface area contributed by atoms with Crippen molar-refractivity contribution in [3.63, 3.8) is 0 Å². The average Bonchev–Trinajstić information content (AvgIpc) is 1.18. The summed E-state index contributed by atoms with van der Waals surface area (Å²) in [7, 11) is -1.16. The number of nitrogens with zero attached hydrogens (tertiary/aromatic N) is 1. The van der Waals surface area contributed by atoms with Gasteiger partial charge in [-0.05, 0) is 80.1 Å². The topological polar surface area (TPSA) is 30.8 Å². The maximum Gasteiger partial charge on any atom is 0.416 e. The van der Waals surface area contributed by atoms with Crippen molar-refractivity contribution in [1.29, 1.82) is 0 Å². The first-order valence-electron chi connectivity index (χ1n) is 32.1. The van der Waals surface area contributed by atoms with Crippen LogP contribution in [-0.2, 0) is 91.6 Å². The Bertz CT molecular complexity index is 3980. The molecule has 0 unspecified atom stereocenters. The monoisotopic (exact) mass is 1720 g/mol. The van der Waals surface area contributed by atoms with E-state index in [4.69, 9.17) is 14.3 Å². The van der Waals surface area contributed by atoms with Crippen molar-refractivity contribution < 1.29 is 135 Å². The van der Waals surface area contributed by atoms with Crippen molar-refractivity contribution in [2.45, 2.75) is 113 Å². The Morgan fingerprint density at radius 3 is 0.822 bits per heavy atom. The molecule has 0 N–H and O–H groups in total. The number of ether oxygens (including phenoxy) is 1. The van der Waals surface area contributed by atoms with Gasteiger partial charge in [0, 0.05) is 49.1 Å². The van der Waals surface area contributed by atoms with E-state index < -0.39 is 208 Å². The second kappa shape index (κ2) is 33.5. The van der Waals surface area contributed by atoms with E-state index in [1.54, 1.807) is 0 Å². The fourth-order valence-corrected chi connectivity index (χ4v) is 14.5. The van der Waals surface area contributed by atoms with Crippen LogP contribution in [0.3, 0.4) is 0 Å². The number of benzene rings is 9. The summed E-state index contributed by atoms with van der Waals surface area (Å²) in [5.74, 6) is 0.681. The first kappa shape index (κ1) is 84.0. The summed E-state index contributed by atoms with van der Waals surface area (Å²) in [6.07, 6.45) is -39.6. The molecule has 569 valence electrons. The molecule has 0 saturated carbocycles. The summed E-state index contributed by atoms with van der Waals surface area (Å²) in [5.41, 5.74) is -27.5. The van der Waals surface area contributed by atoms with Gasteiger partial charge in [-0.1, -0.05) is 212 Å². The molecule has 0 spiro atoms. The van der Waals surface area contributed by atoms with Crippen LogP contribution in [0.15, 0.2) is 254 Å². The largest absolute Gasteiger partial charge is 0.472 e. The molecule has 0 fully saturated rings. The van der Waals surface area contributed by atoms with Gasteiger partial charge in [0.05, 0.1) is 52.7 Å². The molecule has 1 radical (unpaired) electrons. The van der Waals surface area contributed by atoms with Crippen LogP contribution in [-0.4, -0.2) is 29.8 Å². The molecule has 1 heterocycles. The summed E-state index contributed by atoms with van der Waals surface area (Å²) in [6, 6.07) is 43.7. The molecule has 2 atom stereocenters. The molecule has 107 heavy (non-hydrogen) atoms. The van der Waals surface area contributed by atoms with Gasteiger partial charge >= 0.3 is 49.4 Å². The second-order valence-corrected chi connectivity index (χ2v) is 26.6. The van der Waals surface area contributed by atoms with E-state index in [1.165, 1.54) is 47.4 Å². The minimum atomic E-state index is -6.13. The number of halogens is 24. The molecule has 30 heteroatoms. The number of alkyl halides is 24. The standard InChI is InChI=1S/C37H34NO2P.C32H12BF24.C8H12.Ir/c1-29-35(38-36(39-29)32-21-11-4-12-22-32)37(27-30-17-7-2-8-18-30,28-31-19-9-3-10-20-31)40-41(33-23-13-5-14-24-33)34-25-15-6-16-26-34;34-25(35,36)13-1-14(26(37,38)39)6-21(5-13)33(22-7-15(27(40,41)42)2-16(8-22)28(43,44)45,23-9-17(29(46,47)48)3-18(10-23)30(49,50)51)24-11-19(31(52,53)54)4-20(12-24)32(55,56)57;1-2-4-6-8-7-5-3-1;/h2-26,29,35H,27-28H2,1H3;1-12H;1-2,7-8H,3-6H2;/q;-1;;/b;;2-1-,8-7?;/t29-,35-;;;/m1.../s1. The first-order valence-corrected chi connectivity index (χ1v) is 33.4. The fraction of sp³-hybridized carbons (Fsp3) is 0.234. The summed E-state index contributed by atoms with van der Waals surface area (Å²) in [4.78, 5) is 5.32. The van der Waals surface area contributed by atoms with Gasteiger partial charge in [-0.3, -0.25) is 0 Å². The van der Waals surface area contributed by atoms with Crippen molar-refractivity contribution >= 4 is 52.7 Å². The summed E-state index contributed by atoms with van der Waals surface area (Å²) in [6.45, 7) is 2.13. The number of rotatable bonds is 14. The molecule has 2 aliphatic rings. The average molecular weight is 1720 g/mol. The third-order valence-corrected chi connectivity index (χ3v) is 19.4. The number of aliphatic imine (C=N–C) groups is 1. The maximum atomic E-state index is 14.2. The summed E-state index contributed by atoms with van der Waals surface area (Å²) >= 11 is 0. The molecule has 0 bridgehead atoms. The molecule has 0 saturated heterocycles. The van der Waals surface area contributed by atoms with Crippen molar-refractivity contribution in [3.8, 4) is 0 Å². The molecule has 9 aromatic rings. The molecule has 3 nitrogen and oxygen atoms in total. The van der Waals surface area contributed by atoms with Gasteiger partial charge in [-0.25, -0.2) is 4.99 Å². The normalized spacial score (nSPS) is 15.9. The second-order valence-electron chi connectivity index (χ2n) is 24.8. The predicted molar refractivity (Wildman–Crippen MR) is 357 cm³/mol. The van der Waals surface area contributed by atoms with Crippen molar-refractivity contribution in [3.05, 3.63) is 310 Å². The van der Waals surface area contributed by atoms with Gasteiger partial charge in [0.2, 0.25) is 5.90 Å². The molecule has 0 aromatic heterocycles. The molecular weight excluding hydrogens is 1660 g/mol. The van der Waals surface area contributed by atoms with Crippen LogP contribution >= 0.6 is 8.15 Å². The molecule has 0 amide bonds. The Balaban J connectivity index is 0.000000251. The Kier molecular flexibility index (Phi) is 26.3. The zero-order chi connectivity index (χ0) is 77.5. The quantitative estimate of drug-likeness (QED) is 0.0470. The van der Waals surface area contributed by atoms with Gasteiger partial charge in [0.25, 0.3) is 0 Å². The van der Waals surface area contributed by atoms with E-state index in [-0.39, 0.29) is 32.3 Å². The Morgan fingerprint density at radius 2 is 0.579 bits per heavy atom. The Morgan fingerprint density at radius 1 is 0.346 bits per heavy atom. The third-order valence-electron chi connectivity index (χ3n) is 17.3. The van der Waals surface area contributed by atoms with Crippen LogP contribution < -0.4 is 32.5 Å². The zero-order valence-electron chi connectivity index (χ0n) is 55.3. The van der Waals surface area contributed by atoms with E-state index in [1.807, 2.05) is 18.2 Å². The van der Waals surface area contributed by atoms with Crippen LogP contribution in [0.25, 0.3) is 0 Å². The van der Waals surface area contributed by atoms with E-state index in [9.17, 15) is 105 Å². The van der Waals surface area contributed by atoms with Gasteiger partial charge in [-0.2, -0.15) is 127 Å². The molecule has 1 aliphatic carbocycles. The van der Waals surface area contributed by atoms with Crippen LogP contribution in [0.4, 0.5) is 105 Å². The first-order chi connectivity index (χ1) is 49.5. The van der Waals surface area contributed by atoms with Crippen LogP contribution in [0.5, 0.6) is 0 Å². The van der Waals surface area contributed by atoms with Gasteiger partial charge in [-0.15, -0.1) is 0 Å². The Hall–Kier alpha value is -8.65. The molecule has 11 rings (SSSR count). The predicted octanol–water partition coefficient (Wildman–Crippen LogP) is 21.4. The van der Waals surface area contributed by atoms with Crippen molar-refractivity contribution in [2.24, 2.45) is 4.99 Å². The zero-order valence-corrected chi connectivity index (χ0v) is 58.6.